The van der Waals surface area contributed by atoms with E-state index in [0.29, 0.717) is 12.1 Å². The highest BCUT2D eigenvalue weighted by Crippen LogP contribution is 2.21. The molecule has 3 heteroatoms. The molecule has 1 aromatic rings. The smallest absolute Gasteiger partial charge is 0.201 e. The fraction of sp³-hybridized carbons (Fsp3) is 0.562. The Kier molecular flexibility index (Phi) is 4.46. The Labute approximate surface area is 116 Å². The topological polar surface area (TPSA) is 18.8 Å². The van der Waals surface area contributed by atoms with Gasteiger partial charge in [-0.05, 0) is 46.2 Å². The molecule has 0 atom stereocenters. The van der Waals surface area contributed by atoms with Crippen molar-refractivity contribution in [3.63, 3.8) is 0 Å². The molecule has 0 N–H and O–H groups in total. The van der Waals surface area contributed by atoms with E-state index in [1.807, 2.05) is 0 Å². The fourth-order valence-electron chi connectivity index (χ4n) is 2.72. The van der Waals surface area contributed by atoms with E-state index in [9.17, 15) is 0 Å². The van der Waals surface area contributed by atoms with Crippen LogP contribution >= 0.6 is 0 Å². The molecule has 0 spiro atoms. The van der Waals surface area contributed by atoms with Crippen molar-refractivity contribution in [1.82, 2.24) is 4.90 Å². The van der Waals surface area contributed by atoms with Crippen LogP contribution in [0.15, 0.2) is 35.3 Å². The Balaban J connectivity index is 2.33. The summed E-state index contributed by atoms with van der Waals surface area (Å²) in [5.41, 5.74) is 1.24. The van der Waals surface area contributed by atoms with E-state index in [2.05, 4.69) is 67.8 Å². The van der Waals surface area contributed by atoms with Crippen LogP contribution in [0.2, 0.25) is 0 Å². The van der Waals surface area contributed by atoms with E-state index in [4.69, 9.17) is 4.99 Å². The van der Waals surface area contributed by atoms with Crippen LogP contribution in [0.25, 0.3) is 0 Å². The Morgan fingerprint density at radius 3 is 2.26 bits per heavy atom. The van der Waals surface area contributed by atoms with E-state index in [1.54, 1.807) is 0 Å². The SMILES string of the molecule is CC(C)N(C1=NCCCN1c1ccccc1)C(C)C. The maximum atomic E-state index is 4.80. The molecule has 104 valence electrons. The molecule has 0 saturated heterocycles. The molecule has 1 aromatic carbocycles. The molecule has 19 heavy (non-hydrogen) atoms. The summed E-state index contributed by atoms with van der Waals surface area (Å²) in [6.07, 6.45) is 1.13. The molecule has 0 radical (unpaired) electrons. The lowest BCUT2D eigenvalue weighted by Gasteiger charge is -2.41. The van der Waals surface area contributed by atoms with Gasteiger partial charge in [-0.15, -0.1) is 0 Å². The number of hydrogen-bond acceptors (Lipinski definition) is 3. The van der Waals surface area contributed by atoms with E-state index >= 15 is 0 Å². The lowest BCUT2D eigenvalue weighted by molar-refractivity contribution is 0.283. The van der Waals surface area contributed by atoms with Gasteiger partial charge in [0, 0.05) is 30.9 Å². The summed E-state index contributed by atoms with van der Waals surface area (Å²) in [6.45, 7) is 10.9. The normalized spacial score (nSPS) is 15.9. The van der Waals surface area contributed by atoms with Gasteiger partial charge in [-0.25, -0.2) is 0 Å². The molecule has 1 heterocycles. The quantitative estimate of drug-likeness (QED) is 0.829. The van der Waals surface area contributed by atoms with Crippen molar-refractivity contribution in [2.24, 2.45) is 4.99 Å². The summed E-state index contributed by atoms with van der Waals surface area (Å²) < 4.78 is 0. The number of nitrogens with zero attached hydrogens (tertiary/aromatic N) is 3. The molecule has 1 aliphatic rings. The average Bonchev–Trinajstić information content (AvgIpc) is 2.39. The van der Waals surface area contributed by atoms with Gasteiger partial charge in [0.1, 0.15) is 0 Å². The van der Waals surface area contributed by atoms with Crippen LogP contribution < -0.4 is 4.90 Å². The second-order valence-corrected chi connectivity index (χ2v) is 5.62. The summed E-state index contributed by atoms with van der Waals surface area (Å²) >= 11 is 0. The maximum absolute atomic E-state index is 4.80. The summed E-state index contributed by atoms with van der Waals surface area (Å²) in [6, 6.07) is 11.5. The fourth-order valence-corrected chi connectivity index (χ4v) is 2.72. The minimum absolute atomic E-state index is 0.461. The summed E-state index contributed by atoms with van der Waals surface area (Å²) in [5.74, 6) is 1.13. The van der Waals surface area contributed by atoms with Crippen molar-refractivity contribution in [3.05, 3.63) is 30.3 Å². The highest BCUT2D eigenvalue weighted by molar-refractivity contribution is 5.97. The molecule has 0 fully saturated rings. The summed E-state index contributed by atoms with van der Waals surface area (Å²) in [4.78, 5) is 9.56. The Hall–Kier alpha value is -1.51. The third-order valence-corrected chi connectivity index (χ3v) is 3.45. The van der Waals surface area contributed by atoms with E-state index in [0.717, 1.165) is 25.5 Å². The van der Waals surface area contributed by atoms with Gasteiger partial charge in [-0.1, -0.05) is 18.2 Å². The van der Waals surface area contributed by atoms with Gasteiger partial charge in [0.15, 0.2) is 0 Å². The molecular weight excluding hydrogens is 234 g/mol. The zero-order valence-electron chi connectivity index (χ0n) is 12.5. The van der Waals surface area contributed by atoms with Gasteiger partial charge in [-0.2, -0.15) is 0 Å². The van der Waals surface area contributed by atoms with Crippen molar-refractivity contribution in [1.29, 1.82) is 0 Å². The number of aliphatic imine (C=N–C) groups is 1. The molecule has 2 rings (SSSR count). The van der Waals surface area contributed by atoms with E-state index in [1.165, 1.54) is 5.69 Å². The first-order valence-electron chi connectivity index (χ1n) is 7.26. The highest BCUT2D eigenvalue weighted by atomic mass is 15.4. The van der Waals surface area contributed by atoms with Gasteiger partial charge < -0.3 is 9.80 Å². The molecule has 0 saturated carbocycles. The third kappa shape index (κ3) is 3.09. The van der Waals surface area contributed by atoms with E-state index in [-0.39, 0.29) is 0 Å². The van der Waals surface area contributed by atoms with Gasteiger partial charge in [-0.3, -0.25) is 4.99 Å². The lowest BCUT2D eigenvalue weighted by Crippen LogP contribution is -2.52. The molecule has 0 bridgehead atoms. The predicted octanol–water partition coefficient (Wildman–Crippen LogP) is 3.37. The van der Waals surface area contributed by atoms with Gasteiger partial charge in [0.05, 0.1) is 0 Å². The Bertz CT molecular complexity index is 415. The molecule has 0 aromatic heterocycles. The monoisotopic (exact) mass is 259 g/mol. The zero-order chi connectivity index (χ0) is 13.8. The Morgan fingerprint density at radius 2 is 1.68 bits per heavy atom. The number of anilines is 1. The highest BCUT2D eigenvalue weighted by Gasteiger charge is 2.26. The molecule has 3 nitrogen and oxygen atoms in total. The number of guanidine groups is 1. The minimum atomic E-state index is 0.461. The zero-order valence-corrected chi connectivity index (χ0v) is 12.5. The van der Waals surface area contributed by atoms with Crippen molar-refractivity contribution >= 4 is 11.6 Å². The van der Waals surface area contributed by atoms with Crippen LogP contribution in [-0.4, -0.2) is 36.0 Å². The lowest BCUT2D eigenvalue weighted by atomic mass is 10.2. The standard InChI is InChI=1S/C16H25N3/c1-13(2)19(14(3)4)16-17-11-8-12-18(16)15-9-6-5-7-10-15/h5-7,9-10,13-14H,8,11-12H2,1-4H3. The molecular formula is C16H25N3. The molecule has 0 unspecified atom stereocenters. The minimum Gasteiger partial charge on any atom is -0.338 e. The third-order valence-electron chi connectivity index (χ3n) is 3.45. The van der Waals surface area contributed by atoms with Crippen molar-refractivity contribution in [2.75, 3.05) is 18.0 Å². The molecule has 0 amide bonds. The summed E-state index contributed by atoms with van der Waals surface area (Å²) in [7, 11) is 0. The second-order valence-electron chi connectivity index (χ2n) is 5.62. The van der Waals surface area contributed by atoms with Crippen molar-refractivity contribution in [3.8, 4) is 0 Å². The van der Waals surface area contributed by atoms with Crippen LogP contribution in [0.5, 0.6) is 0 Å². The first-order valence-corrected chi connectivity index (χ1v) is 7.26. The maximum Gasteiger partial charge on any atom is 0.201 e. The van der Waals surface area contributed by atoms with Gasteiger partial charge >= 0.3 is 0 Å². The van der Waals surface area contributed by atoms with Crippen molar-refractivity contribution < 1.29 is 0 Å². The summed E-state index contributed by atoms with van der Waals surface area (Å²) in [5, 5.41) is 0. The van der Waals surface area contributed by atoms with Crippen LogP contribution in [0, 0.1) is 0 Å². The first kappa shape index (κ1) is 13.9. The van der Waals surface area contributed by atoms with Crippen molar-refractivity contribution in [2.45, 2.75) is 46.2 Å². The van der Waals surface area contributed by atoms with Crippen LogP contribution in [-0.2, 0) is 0 Å². The van der Waals surface area contributed by atoms with Crippen LogP contribution in [0.1, 0.15) is 34.1 Å². The van der Waals surface area contributed by atoms with Gasteiger partial charge in [0.25, 0.3) is 0 Å². The van der Waals surface area contributed by atoms with Crippen LogP contribution in [0.4, 0.5) is 5.69 Å². The number of benzene rings is 1. The average molecular weight is 259 g/mol. The Morgan fingerprint density at radius 1 is 1.05 bits per heavy atom. The second kappa shape index (κ2) is 6.09. The number of hydrogen-bond donors (Lipinski definition) is 0. The van der Waals surface area contributed by atoms with Gasteiger partial charge in [0.2, 0.25) is 5.96 Å². The largest absolute Gasteiger partial charge is 0.338 e. The number of rotatable bonds is 3. The number of para-hydroxylation sites is 1. The first-order chi connectivity index (χ1) is 9.11. The van der Waals surface area contributed by atoms with E-state index < -0.39 is 0 Å². The van der Waals surface area contributed by atoms with Crippen LogP contribution in [0.3, 0.4) is 0 Å². The predicted molar refractivity (Wildman–Crippen MR) is 82.8 cm³/mol. The molecule has 0 aliphatic carbocycles. The molecule has 1 aliphatic heterocycles.